The second-order valence-electron chi connectivity index (χ2n) is 3.43. The first-order valence-corrected chi connectivity index (χ1v) is 3.98. The lowest BCUT2D eigenvalue weighted by atomic mass is 10.0. The van der Waals surface area contributed by atoms with Crippen LogP contribution in [0.4, 0.5) is 0 Å². The molecule has 2 heteroatoms. The fourth-order valence-corrected chi connectivity index (χ4v) is 1.42. The van der Waals surface area contributed by atoms with E-state index in [-0.39, 0.29) is 5.91 Å². The van der Waals surface area contributed by atoms with Crippen molar-refractivity contribution in [3.63, 3.8) is 0 Å². The van der Waals surface area contributed by atoms with Gasteiger partial charge in [-0.3, -0.25) is 4.79 Å². The van der Waals surface area contributed by atoms with Crippen molar-refractivity contribution in [1.82, 2.24) is 5.32 Å². The van der Waals surface area contributed by atoms with Crippen LogP contribution in [-0.4, -0.2) is 11.9 Å². The summed E-state index contributed by atoms with van der Waals surface area (Å²) in [4.78, 5) is 10.7. The number of hydrogen-bond donors (Lipinski definition) is 1. The van der Waals surface area contributed by atoms with E-state index in [1.54, 1.807) is 0 Å². The number of carbonyl (C=O) groups is 1. The minimum Gasteiger partial charge on any atom is -0.353 e. The Morgan fingerprint density at radius 2 is 2.40 bits per heavy atom. The molecule has 1 fully saturated rings. The molecule has 0 spiro atoms. The van der Waals surface area contributed by atoms with Gasteiger partial charge in [-0.05, 0) is 18.8 Å². The number of amides is 1. The summed E-state index contributed by atoms with van der Waals surface area (Å²) in [7, 11) is 0. The van der Waals surface area contributed by atoms with Crippen LogP contribution >= 0.6 is 0 Å². The van der Waals surface area contributed by atoms with Crippen LogP contribution < -0.4 is 5.32 Å². The molecule has 1 atom stereocenters. The van der Waals surface area contributed by atoms with Gasteiger partial charge in [-0.1, -0.05) is 13.8 Å². The molecule has 10 heavy (non-hydrogen) atoms. The second-order valence-corrected chi connectivity index (χ2v) is 3.43. The molecular formula is C8H15NO. The summed E-state index contributed by atoms with van der Waals surface area (Å²) < 4.78 is 0. The highest BCUT2D eigenvalue weighted by Crippen LogP contribution is 2.14. The normalized spacial score (nSPS) is 25.5. The van der Waals surface area contributed by atoms with Crippen LogP contribution in [0.2, 0.25) is 0 Å². The number of rotatable bonds is 2. The molecule has 0 radical (unpaired) electrons. The van der Waals surface area contributed by atoms with E-state index in [1.807, 2.05) is 0 Å². The highest BCUT2D eigenvalue weighted by atomic mass is 16.1. The quantitative estimate of drug-likeness (QED) is 0.617. The van der Waals surface area contributed by atoms with E-state index >= 15 is 0 Å². The van der Waals surface area contributed by atoms with E-state index in [4.69, 9.17) is 0 Å². The van der Waals surface area contributed by atoms with Gasteiger partial charge in [0.15, 0.2) is 0 Å². The third-order valence-electron chi connectivity index (χ3n) is 1.84. The van der Waals surface area contributed by atoms with Gasteiger partial charge in [-0.25, -0.2) is 0 Å². The summed E-state index contributed by atoms with van der Waals surface area (Å²) in [6.07, 6.45) is 2.90. The molecular weight excluding hydrogens is 126 g/mol. The molecule has 0 aromatic heterocycles. The van der Waals surface area contributed by atoms with Gasteiger partial charge in [0.25, 0.3) is 0 Å². The summed E-state index contributed by atoms with van der Waals surface area (Å²) >= 11 is 0. The van der Waals surface area contributed by atoms with Gasteiger partial charge >= 0.3 is 0 Å². The summed E-state index contributed by atoms with van der Waals surface area (Å²) in [6.45, 7) is 4.37. The lowest BCUT2D eigenvalue weighted by molar-refractivity contribution is -0.119. The predicted octanol–water partition coefficient (Wildman–Crippen LogP) is 1.31. The Morgan fingerprint density at radius 1 is 1.70 bits per heavy atom. The molecule has 1 amide bonds. The van der Waals surface area contributed by atoms with Crippen LogP contribution in [0.25, 0.3) is 0 Å². The number of hydrogen-bond acceptors (Lipinski definition) is 1. The Kier molecular flexibility index (Phi) is 2.30. The van der Waals surface area contributed by atoms with Gasteiger partial charge in [-0.15, -0.1) is 0 Å². The van der Waals surface area contributed by atoms with Gasteiger partial charge < -0.3 is 5.32 Å². The number of nitrogens with one attached hydrogen (secondary N) is 1. The predicted molar refractivity (Wildman–Crippen MR) is 40.6 cm³/mol. The largest absolute Gasteiger partial charge is 0.353 e. The average molecular weight is 141 g/mol. The Bertz CT molecular complexity index is 131. The zero-order valence-electron chi connectivity index (χ0n) is 6.68. The van der Waals surface area contributed by atoms with Gasteiger partial charge in [0.1, 0.15) is 0 Å². The molecule has 1 heterocycles. The van der Waals surface area contributed by atoms with E-state index in [9.17, 15) is 4.79 Å². The van der Waals surface area contributed by atoms with E-state index in [1.165, 1.54) is 0 Å². The van der Waals surface area contributed by atoms with E-state index in [0.717, 1.165) is 19.3 Å². The molecule has 0 aliphatic carbocycles. The van der Waals surface area contributed by atoms with Crippen LogP contribution in [0.5, 0.6) is 0 Å². The topological polar surface area (TPSA) is 29.1 Å². The first-order chi connectivity index (χ1) is 4.68. The zero-order chi connectivity index (χ0) is 7.56. The Morgan fingerprint density at radius 3 is 2.80 bits per heavy atom. The van der Waals surface area contributed by atoms with Crippen molar-refractivity contribution in [2.24, 2.45) is 5.92 Å². The minimum atomic E-state index is 0.227. The molecule has 1 rings (SSSR count). The molecule has 2 nitrogen and oxygen atoms in total. The Balaban J connectivity index is 2.24. The van der Waals surface area contributed by atoms with Crippen LogP contribution in [-0.2, 0) is 4.79 Å². The third-order valence-corrected chi connectivity index (χ3v) is 1.84. The number of carbonyl (C=O) groups excluding carboxylic acids is 1. The van der Waals surface area contributed by atoms with Gasteiger partial charge in [0.2, 0.25) is 5.91 Å². The third kappa shape index (κ3) is 2.01. The molecule has 1 aliphatic heterocycles. The standard InChI is InChI=1S/C8H15NO/c1-6(2)5-7-3-4-8(10)9-7/h6-7H,3-5H2,1-2H3,(H,9,10). The van der Waals surface area contributed by atoms with Crippen molar-refractivity contribution in [2.75, 3.05) is 0 Å². The summed E-state index contributed by atoms with van der Waals surface area (Å²) in [5.41, 5.74) is 0. The Labute approximate surface area is 62.0 Å². The van der Waals surface area contributed by atoms with E-state index in [2.05, 4.69) is 19.2 Å². The van der Waals surface area contributed by atoms with Crippen LogP contribution in [0, 0.1) is 5.92 Å². The molecule has 0 aromatic rings. The average Bonchev–Trinajstić information content (AvgIpc) is 2.13. The minimum absolute atomic E-state index is 0.227. The van der Waals surface area contributed by atoms with Crippen LogP contribution in [0.1, 0.15) is 33.1 Å². The van der Waals surface area contributed by atoms with Crippen molar-refractivity contribution < 1.29 is 4.79 Å². The van der Waals surface area contributed by atoms with Gasteiger partial charge in [0, 0.05) is 12.5 Å². The molecule has 58 valence electrons. The van der Waals surface area contributed by atoms with Crippen molar-refractivity contribution >= 4 is 5.91 Å². The van der Waals surface area contributed by atoms with E-state index in [0.29, 0.717) is 12.0 Å². The molecule has 1 N–H and O–H groups in total. The maximum absolute atomic E-state index is 10.7. The maximum Gasteiger partial charge on any atom is 0.220 e. The van der Waals surface area contributed by atoms with Gasteiger partial charge in [0.05, 0.1) is 0 Å². The first kappa shape index (κ1) is 7.58. The van der Waals surface area contributed by atoms with Crippen molar-refractivity contribution in [1.29, 1.82) is 0 Å². The molecule has 0 bridgehead atoms. The highest BCUT2D eigenvalue weighted by molar-refractivity contribution is 5.78. The van der Waals surface area contributed by atoms with Crippen LogP contribution in [0.3, 0.4) is 0 Å². The van der Waals surface area contributed by atoms with Crippen LogP contribution in [0.15, 0.2) is 0 Å². The highest BCUT2D eigenvalue weighted by Gasteiger charge is 2.20. The summed E-state index contributed by atoms with van der Waals surface area (Å²) in [5.74, 6) is 0.925. The van der Waals surface area contributed by atoms with Crippen molar-refractivity contribution in [3.8, 4) is 0 Å². The summed E-state index contributed by atoms with van der Waals surface area (Å²) in [6, 6.07) is 0.465. The SMILES string of the molecule is CC(C)CC1CCC(=O)N1. The fourth-order valence-electron chi connectivity index (χ4n) is 1.42. The monoisotopic (exact) mass is 141 g/mol. The second kappa shape index (κ2) is 3.04. The first-order valence-electron chi connectivity index (χ1n) is 3.98. The maximum atomic E-state index is 10.7. The Hall–Kier alpha value is -0.530. The molecule has 1 saturated heterocycles. The smallest absolute Gasteiger partial charge is 0.220 e. The van der Waals surface area contributed by atoms with Crippen molar-refractivity contribution in [2.45, 2.75) is 39.2 Å². The lowest BCUT2D eigenvalue weighted by Crippen LogP contribution is -2.26. The molecule has 0 saturated carbocycles. The summed E-state index contributed by atoms with van der Waals surface area (Å²) in [5, 5.41) is 2.95. The molecule has 1 aliphatic rings. The van der Waals surface area contributed by atoms with Crippen molar-refractivity contribution in [3.05, 3.63) is 0 Å². The van der Waals surface area contributed by atoms with Gasteiger partial charge in [-0.2, -0.15) is 0 Å². The lowest BCUT2D eigenvalue weighted by Gasteiger charge is -2.11. The molecule has 1 unspecified atom stereocenters. The van der Waals surface area contributed by atoms with E-state index < -0.39 is 0 Å². The fraction of sp³-hybridized carbons (Fsp3) is 0.875. The zero-order valence-corrected chi connectivity index (χ0v) is 6.68. The molecule has 0 aromatic carbocycles.